The van der Waals surface area contributed by atoms with Crippen LogP contribution in [-0.2, 0) is 16.1 Å². The van der Waals surface area contributed by atoms with Gasteiger partial charge in [0.05, 0.1) is 23.9 Å². The molecule has 8 nitrogen and oxygen atoms in total. The number of carbonyl (C=O) groups is 3. The summed E-state index contributed by atoms with van der Waals surface area (Å²) in [7, 11) is 1.65. The summed E-state index contributed by atoms with van der Waals surface area (Å²) in [4.78, 5) is 46.6. The van der Waals surface area contributed by atoms with Crippen LogP contribution in [0.3, 0.4) is 0 Å². The zero-order chi connectivity index (χ0) is 23.9. The van der Waals surface area contributed by atoms with Crippen LogP contribution >= 0.6 is 0 Å². The lowest BCUT2D eigenvalue weighted by Gasteiger charge is -2.34. The van der Waals surface area contributed by atoms with Gasteiger partial charge in [0.25, 0.3) is 5.91 Å². The summed E-state index contributed by atoms with van der Waals surface area (Å²) < 4.78 is 0. The number of hydrogen-bond donors (Lipinski definition) is 2. The van der Waals surface area contributed by atoms with Gasteiger partial charge in [0.1, 0.15) is 5.54 Å². The normalized spacial score (nSPS) is 18.4. The fourth-order valence-corrected chi connectivity index (χ4v) is 4.43. The van der Waals surface area contributed by atoms with E-state index in [1.807, 2.05) is 44.2 Å². The molecule has 0 saturated carbocycles. The third-order valence-electron chi connectivity index (χ3n) is 6.50. The number of likely N-dealkylation sites (N-methyl/N-ethyl adjacent to an activating group) is 1. The fourth-order valence-electron chi connectivity index (χ4n) is 4.43. The Morgan fingerprint density at radius 1 is 1.24 bits per heavy atom. The Kier molecular flexibility index (Phi) is 5.69. The molecular formula is C25H29N5O3. The molecule has 0 spiro atoms. The lowest BCUT2D eigenvalue weighted by Crippen LogP contribution is -2.56. The van der Waals surface area contributed by atoms with E-state index < -0.39 is 11.6 Å². The molecule has 2 N–H and O–H groups in total. The van der Waals surface area contributed by atoms with Gasteiger partial charge in [0, 0.05) is 26.0 Å². The molecule has 0 radical (unpaired) electrons. The van der Waals surface area contributed by atoms with Crippen LogP contribution in [0.1, 0.15) is 42.1 Å². The van der Waals surface area contributed by atoms with Crippen molar-refractivity contribution in [2.75, 3.05) is 13.6 Å². The highest BCUT2D eigenvalue weighted by Crippen LogP contribution is 2.39. The standard InChI is InChI=1S/C25H29N5O3/c1-15-8-9-18(16(2)11-15)21-20-19(29(5)24(33)28-21)14-30(22(20)31)25(3,4)23(32)27-13-17-7-6-10-26-12-17/h6-12,21H,13-14H2,1-5H3,(H,27,32)(H,28,33). The number of benzene rings is 1. The van der Waals surface area contributed by atoms with Crippen LogP contribution in [0.25, 0.3) is 0 Å². The number of aryl methyl sites for hydroxylation is 2. The number of nitrogens with one attached hydrogen (secondary N) is 2. The van der Waals surface area contributed by atoms with Gasteiger partial charge < -0.3 is 15.5 Å². The number of carbonyl (C=O) groups excluding carboxylic acids is 3. The van der Waals surface area contributed by atoms with E-state index in [-0.39, 0.29) is 24.4 Å². The number of hydrogen-bond acceptors (Lipinski definition) is 4. The van der Waals surface area contributed by atoms with Gasteiger partial charge in [-0.25, -0.2) is 4.79 Å². The second-order valence-electron chi connectivity index (χ2n) is 9.16. The molecule has 2 aliphatic rings. The molecule has 1 atom stereocenters. The average Bonchev–Trinajstić information content (AvgIpc) is 3.14. The van der Waals surface area contributed by atoms with E-state index in [4.69, 9.17) is 0 Å². The first-order chi connectivity index (χ1) is 15.6. The highest BCUT2D eigenvalue weighted by atomic mass is 16.2. The maximum Gasteiger partial charge on any atom is 0.322 e. The predicted octanol–water partition coefficient (Wildman–Crippen LogP) is 2.59. The summed E-state index contributed by atoms with van der Waals surface area (Å²) in [5, 5.41) is 5.88. The quantitative estimate of drug-likeness (QED) is 0.737. The van der Waals surface area contributed by atoms with Crippen LogP contribution in [0.2, 0.25) is 0 Å². The third-order valence-corrected chi connectivity index (χ3v) is 6.50. The topological polar surface area (TPSA) is 94.6 Å². The first kappa shape index (κ1) is 22.5. The third kappa shape index (κ3) is 3.97. The number of urea groups is 1. The van der Waals surface area contributed by atoms with Gasteiger partial charge in [-0.2, -0.15) is 0 Å². The zero-order valence-corrected chi connectivity index (χ0v) is 19.6. The Bertz CT molecular complexity index is 1160. The Balaban J connectivity index is 1.61. The van der Waals surface area contributed by atoms with Crippen molar-refractivity contribution >= 4 is 17.8 Å². The van der Waals surface area contributed by atoms with E-state index in [9.17, 15) is 14.4 Å². The molecule has 1 aromatic carbocycles. The van der Waals surface area contributed by atoms with Gasteiger partial charge in [0.2, 0.25) is 5.91 Å². The molecule has 3 heterocycles. The molecule has 8 heteroatoms. The molecule has 0 saturated heterocycles. The summed E-state index contributed by atoms with van der Waals surface area (Å²) in [5.41, 5.74) is 3.87. The molecule has 4 rings (SSSR count). The van der Waals surface area contributed by atoms with Crippen LogP contribution < -0.4 is 10.6 Å². The Morgan fingerprint density at radius 2 is 2.00 bits per heavy atom. The molecule has 0 fully saturated rings. The summed E-state index contributed by atoms with van der Waals surface area (Å²) >= 11 is 0. The Labute approximate surface area is 193 Å². The van der Waals surface area contributed by atoms with E-state index in [2.05, 4.69) is 15.6 Å². The lowest BCUT2D eigenvalue weighted by atomic mass is 9.91. The highest BCUT2D eigenvalue weighted by molar-refractivity contribution is 6.04. The first-order valence-corrected chi connectivity index (χ1v) is 10.9. The van der Waals surface area contributed by atoms with Gasteiger partial charge >= 0.3 is 6.03 Å². The number of amides is 4. The smallest absolute Gasteiger partial charge is 0.322 e. The maximum atomic E-state index is 13.7. The van der Waals surface area contributed by atoms with Crippen LogP contribution in [0, 0.1) is 13.8 Å². The van der Waals surface area contributed by atoms with Crippen molar-refractivity contribution in [1.82, 2.24) is 25.4 Å². The number of rotatable bonds is 5. The Morgan fingerprint density at radius 3 is 2.67 bits per heavy atom. The lowest BCUT2D eigenvalue weighted by molar-refractivity contribution is -0.141. The summed E-state index contributed by atoms with van der Waals surface area (Å²) in [6, 6.07) is 8.81. The summed E-state index contributed by atoms with van der Waals surface area (Å²) in [6.45, 7) is 7.93. The van der Waals surface area contributed by atoms with Gasteiger partial charge in [-0.1, -0.05) is 29.8 Å². The van der Waals surface area contributed by atoms with Gasteiger partial charge in [0.15, 0.2) is 0 Å². The Hall–Kier alpha value is -3.68. The van der Waals surface area contributed by atoms with Crippen molar-refractivity contribution in [3.8, 4) is 0 Å². The van der Waals surface area contributed by atoms with Crippen LogP contribution in [0.4, 0.5) is 4.79 Å². The van der Waals surface area contributed by atoms with Crippen molar-refractivity contribution in [3.63, 3.8) is 0 Å². The summed E-state index contributed by atoms with van der Waals surface area (Å²) in [6.07, 6.45) is 3.36. The van der Waals surface area contributed by atoms with E-state index in [0.717, 1.165) is 22.3 Å². The molecule has 0 bridgehead atoms. The number of nitrogens with zero attached hydrogens (tertiary/aromatic N) is 3. The molecule has 4 amide bonds. The highest BCUT2D eigenvalue weighted by Gasteiger charge is 2.49. The SMILES string of the molecule is Cc1ccc(C2NC(=O)N(C)C3=C2C(=O)N(C(C)(C)C(=O)NCc2cccnc2)C3)c(C)c1. The molecule has 0 aliphatic carbocycles. The van der Waals surface area contributed by atoms with Crippen molar-refractivity contribution in [3.05, 3.63) is 76.2 Å². The van der Waals surface area contributed by atoms with Crippen LogP contribution in [0.15, 0.2) is 54.0 Å². The molecule has 1 unspecified atom stereocenters. The largest absolute Gasteiger partial charge is 0.350 e. The minimum Gasteiger partial charge on any atom is -0.350 e. The number of pyridine rings is 1. The minimum atomic E-state index is -1.12. The minimum absolute atomic E-state index is 0.187. The van der Waals surface area contributed by atoms with Crippen molar-refractivity contribution < 1.29 is 14.4 Å². The van der Waals surface area contributed by atoms with E-state index in [0.29, 0.717) is 17.8 Å². The first-order valence-electron chi connectivity index (χ1n) is 10.9. The van der Waals surface area contributed by atoms with Crippen molar-refractivity contribution in [2.24, 2.45) is 0 Å². The molecule has 2 aliphatic heterocycles. The molecule has 33 heavy (non-hydrogen) atoms. The van der Waals surface area contributed by atoms with E-state index in [1.54, 1.807) is 38.2 Å². The van der Waals surface area contributed by atoms with Crippen LogP contribution in [0.5, 0.6) is 0 Å². The predicted molar refractivity (Wildman–Crippen MR) is 124 cm³/mol. The molecule has 172 valence electrons. The number of aromatic nitrogens is 1. The van der Waals surface area contributed by atoms with Crippen molar-refractivity contribution in [2.45, 2.75) is 45.8 Å². The van der Waals surface area contributed by atoms with Crippen LogP contribution in [-0.4, -0.2) is 51.8 Å². The van der Waals surface area contributed by atoms with Gasteiger partial charge in [-0.3, -0.25) is 19.5 Å². The maximum absolute atomic E-state index is 13.7. The molecular weight excluding hydrogens is 418 g/mol. The molecule has 1 aromatic heterocycles. The van der Waals surface area contributed by atoms with E-state index in [1.165, 1.54) is 4.90 Å². The van der Waals surface area contributed by atoms with Gasteiger partial charge in [-0.15, -0.1) is 0 Å². The summed E-state index contributed by atoms with van der Waals surface area (Å²) in [5.74, 6) is -0.520. The fraction of sp³-hybridized carbons (Fsp3) is 0.360. The second kappa shape index (κ2) is 8.35. The average molecular weight is 448 g/mol. The van der Waals surface area contributed by atoms with Crippen molar-refractivity contribution in [1.29, 1.82) is 0 Å². The zero-order valence-electron chi connectivity index (χ0n) is 19.6. The van der Waals surface area contributed by atoms with Gasteiger partial charge in [-0.05, 0) is 50.5 Å². The van der Waals surface area contributed by atoms with E-state index >= 15 is 0 Å². The molecule has 2 aromatic rings. The second-order valence-corrected chi connectivity index (χ2v) is 9.16. The monoisotopic (exact) mass is 447 g/mol.